The van der Waals surface area contributed by atoms with Gasteiger partial charge < -0.3 is 4.98 Å². The lowest BCUT2D eigenvalue weighted by Crippen LogP contribution is -1.85. The van der Waals surface area contributed by atoms with Crippen LogP contribution in [-0.4, -0.2) is 15.7 Å². The van der Waals surface area contributed by atoms with Crippen LogP contribution < -0.4 is 0 Å². The Bertz CT molecular complexity index is 484. The van der Waals surface area contributed by atoms with E-state index in [1.54, 1.807) is 18.6 Å². The van der Waals surface area contributed by atoms with E-state index in [0.29, 0.717) is 5.82 Å². The molecular weight excluding hydrogens is 174 g/mol. The fourth-order valence-corrected chi connectivity index (χ4v) is 0.971. The molecule has 0 radical (unpaired) electrons. The van der Waals surface area contributed by atoms with E-state index in [4.69, 9.17) is 0 Å². The van der Waals surface area contributed by atoms with Crippen LogP contribution in [0, 0.1) is 23.7 Å². The minimum atomic E-state index is 0.630. The average molecular weight is 181 g/mol. The molecule has 0 amide bonds. The Morgan fingerprint density at radius 1 is 1.29 bits per heavy atom. The van der Waals surface area contributed by atoms with Crippen molar-refractivity contribution < 1.29 is 0 Å². The maximum absolute atomic E-state index is 4.04. The van der Waals surface area contributed by atoms with E-state index in [9.17, 15) is 0 Å². The maximum atomic E-state index is 4.04. The van der Waals surface area contributed by atoms with Crippen molar-refractivity contribution in [2.24, 2.45) is 4.99 Å². The van der Waals surface area contributed by atoms with Crippen molar-refractivity contribution >= 4 is 5.71 Å². The molecule has 1 aromatic heterocycles. The summed E-state index contributed by atoms with van der Waals surface area (Å²) in [4.78, 5) is 10.9. The van der Waals surface area contributed by atoms with Gasteiger partial charge in [-0.1, -0.05) is 6.08 Å². The molecule has 0 aliphatic carbocycles. The molecule has 2 rings (SSSR count). The first kappa shape index (κ1) is 8.34. The van der Waals surface area contributed by atoms with Crippen LogP contribution in [0.15, 0.2) is 29.7 Å². The number of H-pyrrole nitrogens is 1. The molecular formula is C11H7N3. The molecule has 0 atom stereocenters. The average Bonchev–Trinajstić information content (AvgIpc) is 2.86. The summed E-state index contributed by atoms with van der Waals surface area (Å²) < 4.78 is 0. The van der Waals surface area contributed by atoms with E-state index in [-0.39, 0.29) is 0 Å². The second-order valence-corrected chi connectivity index (χ2v) is 2.60. The third kappa shape index (κ3) is 2.12. The van der Waals surface area contributed by atoms with Crippen LogP contribution in [0.4, 0.5) is 0 Å². The number of rotatable bonds is 0. The number of allylic oxidation sites excluding steroid dienone is 1. The third-order valence-corrected chi connectivity index (χ3v) is 1.60. The van der Waals surface area contributed by atoms with Crippen molar-refractivity contribution in [2.45, 2.75) is 6.42 Å². The lowest BCUT2D eigenvalue weighted by molar-refractivity contribution is 1.25. The Balaban J connectivity index is 1.99. The highest BCUT2D eigenvalue weighted by Crippen LogP contribution is 1.97. The summed E-state index contributed by atoms with van der Waals surface area (Å²) in [6, 6.07) is 0. The quantitative estimate of drug-likeness (QED) is 0.599. The third-order valence-electron chi connectivity index (χ3n) is 1.60. The van der Waals surface area contributed by atoms with Crippen molar-refractivity contribution in [3.05, 3.63) is 30.5 Å². The Labute approximate surface area is 82.0 Å². The molecule has 0 saturated heterocycles. The van der Waals surface area contributed by atoms with E-state index < -0.39 is 0 Å². The molecule has 2 heterocycles. The second kappa shape index (κ2) is 4.11. The van der Waals surface area contributed by atoms with Crippen LogP contribution in [0.2, 0.25) is 0 Å². The zero-order valence-corrected chi connectivity index (χ0v) is 7.41. The van der Waals surface area contributed by atoms with Crippen molar-refractivity contribution in [1.29, 1.82) is 0 Å². The summed E-state index contributed by atoms with van der Waals surface area (Å²) in [5.41, 5.74) is 0.860. The van der Waals surface area contributed by atoms with Gasteiger partial charge in [-0.2, -0.15) is 0 Å². The van der Waals surface area contributed by atoms with Crippen LogP contribution in [0.25, 0.3) is 0 Å². The second-order valence-electron chi connectivity index (χ2n) is 2.60. The van der Waals surface area contributed by atoms with Crippen LogP contribution >= 0.6 is 0 Å². The van der Waals surface area contributed by atoms with Crippen LogP contribution in [0.3, 0.4) is 0 Å². The van der Waals surface area contributed by atoms with Crippen molar-refractivity contribution in [2.75, 3.05) is 0 Å². The van der Waals surface area contributed by atoms with Gasteiger partial charge in [0.15, 0.2) is 5.82 Å². The van der Waals surface area contributed by atoms with Crippen LogP contribution in [0.5, 0.6) is 0 Å². The van der Waals surface area contributed by atoms with E-state index in [0.717, 1.165) is 12.1 Å². The molecule has 1 aromatic rings. The van der Waals surface area contributed by atoms with E-state index in [1.165, 1.54) is 0 Å². The molecule has 1 aliphatic rings. The number of hydrogen-bond donors (Lipinski definition) is 1. The summed E-state index contributed by atoms with van der Waals surface area (Å²) in [5.74, 6) is 11.7. The van der Waals surface area contributed by atoms with E-state index >= 15 is 0 Å². The summed E-state index contributed by atoms with van der Waals surface area (Å²) >= 11 is 0. The standard InChI is InChI=1S/C11H7N3/c1(4-10-5-3-7-12-10)2-6-11-13-8-9-14-11/h3,7-9H,5H2,(H,13,14). The minimum absolute atomic E-state index is 0.630. The zero-order valence-electron chi connectivity index (χ0n) is 7.41. The number of aliphatic imine (C=N–C) groups is 1. The van der Waals surface area contributed by atoms with Crippen LogP contribution in [-0.2, 0) is 0 Å². The zero-order chi connectivity index (χ0) is 9.64. The minimum Gasteiger partial charge on any atom is -0.338 e. The predicted molar refractivity (Wildman–Crippen MR) is 54.4 cm³/mol. The molecule has 14 heavy (non-hydrogen) atoms. The lowest BCUT2D eigenvalue weighted by atomic mass is 10.3. The number of aromatic nitrogens is 2. The monoisotopic (exact) mass is 181 g/mol. The molecule has 0 bridgehead atoms. The van der Waals surface area contributed by atoms with Gasteiger partial charge in [0.2, 0.25) is 0 Å². The normalized spacial score (nSPS) is 12.4. The fourth-order valence-electron chi connectivity index (χ4n) is 0.971. The fraction of sp³-hybridized carbons (Fsp3) is 0.0909. The van der Waals surface area contributed by atoms with Gasteiger partial charge in [0.1, 0.15) is 0 Å². The molecule has 0 saturated carbocycles. The molecule has 0 fully saturated rings. The first-order chi connectivity index (χ1) is 6.95. The summed E-state index contributed by atoms with van der Waals surface area (Å²) in [5, 5.41) is 0. The Morgan fingerprint density at radius 3 is 2.93 bits per heavy atom. The number of imidazole rings is 1. The topological polar surface area (TPSA) is 41.0 Å². The van der Waals surface area contributed by atoms with E-state index in [2.05, 4.69) is 38.6 Å². The Hall–Kier alpha value is -2.26. The smallest absolute Gasteiger partial charge is 0.183 e. The number of nitrogens with one attached hydrogen (secondary N) is 1. The highest BCUT2D eigenvalue weighted by atomic mass is 14.9. The molecule has 1 N–H and O–H groups in total. The number of nitrogens with zero attached hydrogens (tertiary/aromatic N) is 2. The van der Waals surface area contributed by atoms with E-state index in [1.807, 2.05) is 6.08 Å². The molecule has 3 heteroatoms. The van der Waals surface area contributed by atoms with Gasteiger partial charge in [0.25, 0.3) is 0 Å². The highest BCUT2D eigenvalue weighted by Gasteiger charge is 1.93. The first-order valence-electron chi connectivity index (χ1n) is 4.18. The summed E-state index contributed by atoms with van der Waals surface area (Å²) in [6.45, 7) is 0. The molecule has 3 nitrogen and oxygen atoms in total. The molecule has 0 aromatic carbocycles. The lowest BCUT2D eigenvalue weighted by Gasteiger charge is -1.78. The number of aromatic amines is 1. The van der Waals surface area contributed by atoms with Gasteiger partial charge in [-0.25, -0.2) is 4.98 Å². The number of hydrogen-bond acceptors (Lipinski definition) is 2. The summed E-state index contributed by atoms with van der Waals surface area (Å²) in [7, 11) is 0. The maximum Gasteiger partial charge on any atom is 0.183 e. The SMILES string of the molecule is C(C#Cc1ncc[nH]1)#CC1=NC=CC1. The predicted octanol–water partition coefficient (Wildman–Crippen LogP) is 1.12. The van der Waals surface area contributed by atoms with Gasteiger partial charge in [0.05, 0.1) is 5.71 Å². The first-order valence-corrected chi connectivity index (χ1v) is 4.18. The molecule has 66 valence electrons. The van der Waals surface area contributed by atoms with Gasteiger partial charge in [-0.05, 0) is 23.7 Å². The Kier molecular flexibility index (Phi) is 2.45. The van der Waals surface area contributed by atoms with Gasteiger partial charge in [-0.3, -0.25) is 4.99 Å². The van der Waals surface area contributed by atoms with Gasteiger partial charge in [0, 0.05) is 25.0 Å². The molecule has 1 aliphatic heterocycles. The van der Waals surface area contributed by atoms with Gasteiger partial charge in [-0.15, -0.1) is 0 Å². The van der Waals surface area contributed by atoms with Crippen LogP contribution in [0.1, 0.15) is 12.2 Å². The van der Waals surface area contributed by atoms with Crippen molar-refractivity contribution in [1.82, 2.24) is 9.97 Å². The van der Waals surface area contributed by atoms with Crippen molar-refractivity contribution in [3.63, 3.8) is 0 Å². The molecule has 0 spiro atoms. The van der Waals surface area contributed by atoms with Crippen molar-refractivity contribution in [3.8, 4) is 23.7 Å². The summed E-state index contributed by atoms with van der Waals surface area (Å²) in [6.07, 6.45) is 7.91. The Morgan fingerprint density at radius 2 is 2.21 bits per heavy atom. The highest BCUT2D eigenvalue weighted by molar-refractivity contribution is 6.03. The largest absolute Gasteiger partial charge is 0.338 e. The molecule has 0 unspecified atom stereocenters. The van der Waals surface area contributed by atoms with Gasteiger partial charge >= 0.3 is 0 Å².